The minimum atomic E-state index is -0.0854. The molecule has 7 nitrogen and oxygen atoms in total. The van der Waals surface area contributed by atoms with Crippen LogP contribution in [0.1, 0.15) is 28.3 Å². The monoisotopic (exact) mass is 311 g/mol. The Morgan fingerprint density at radius 1 is 1.30 bits per heavy atom. The van der Waals surface area contributed by atoms with Crippen molar-refractivity contribution in [3.8, 4) is 0 Å². The number of nitrogens with zero attached hydrogens (tertiary/aromatic N) is 4. The lowest BCUT2D eigenvalue weighted by Crippen LogP contribution is -2.31. The molecule has 0 spiro atoms. The van der Waals surface area contributed by atoms with Crippen molar-refractivity contribution >= 4 is 16.8 Å². The molecule has 0 radical (unpaired) electrons. The molecule has 0 aliphatic carbocycles. The van der Waals surface area contributed by atoms with Crippen molar-refractivity contribution in [1.82, 2.24) is 24.9 Å². The van der Waals surface area contributed by atoms with E-state index in [4.69, 9.17) is 0 Å². The first-order valence-corrected chi connectivity index (χ1v) is 7.65. The van der Waals surface area contributed by atoms with E-state index in [1.807, 2.05) is 35.0 Å². The Labute approximate surface area is 132 Å². The van der Waals surface area contributed by atoms with Gasteiger partial charge in [-0.2, -0.15) is 10.2 Å². The fourth-order valence-electron chi connectivity index (χ4n) is 3.05. The van der Waals surface area contributed by atoms with E-state index in [0.717, 1.165) is 29.6 Å². The Kier molecular flexibility index (Phi) is 3.34. The Morgan fingerprint density at radius 2 is 2.17 bits per heavy atom. The third-order valence-corrected chi connectivity index (χ3v) is 4.19. The van der Waals surface area contributed by atoms with E-state index in [0.29, 0.717) is 24.5 Å². The van der Waals surface area contributed by atoms with E-state index < -0.39 is 0 Å². The topological polar surface area (TPSA) is 87.0 Å². The smallest absolute Gasteiger partial charge is 0.275 e. The van der Waals surface area contributed by atoms with Crippen molar-refractivity contribution < 1.29 is 9.90 Å². The molecule has 118 valence electrons. The molecule has 0 saturated heterocycles. The maximum Gasteiger partial charge on any atom is 0.275 e. The fraction of sp³-hybridized carbons (Fsp3) is 0.312. The second-order valence-electron chi connectivity index (χ2n) is 5.71. The van der Waals surface area contributed by atoms with Crippen LogP contribution in [0.2, 0.25) is 0 Å². The van der Waals surface area contributed by atoms with E-state index in [9.17, 15) is 9.90 Å². The van der Waals surface area contributed by atoms with Gasteiger partial charge in [0.2, 0.25) is 0 Å². The van der Waals surface area contributed by atoms with Crippen molar-refractivity contribution in [2.24, 2.45) is 0 Å². The zero-order valence-electron chi connectivity index (χ0n) is 12.6. The van der Waals surface area contributed by atoms with Crippen LogP contribution in [-0.2, 0) is 19.7 Å². The number of carbonyl (C=O) groups excluding carboxylic acids is 1. The lowest BCUT2D eigenvalue weighted by Gasteiger charge is -2.18. The van der Waals surface area contributed by atoms with Crippen molar-refractivity contribution in [1.29, 1.82) is 0 Å². The average Bonchev–Trinajstić information content (AvgIpc) is 3.12. The number of aliphatic hydroxyl groups excluding tert-OH is 1. The van der Waals surface area contributed by atoms with Crippen LogP contribution < -0.4 is 0 Å². The predicted octanol–water partition coefficient (Wildman–Crippen LogP) is 1.30. The van der Waals surface area contributed by atoms with E-state index in [1.54, 1.807) is 4.90 Å². The molecule has 0 bridgehead atoms. The normalized spacial score (nSPS) is 14.7. The predicted molar refractivity (Wildman–Crippen MR) is 83.6 cm³/mol. The number of benzene rings is 1. The number of amides is 1. The minimum absolute atomic E-state index is 0.0809. The lowest BCUT2D eigenvalue weighted by atomic mass is 10.2. The highest BCUT2D eigenvalue weighted by Crippen LogP contribution is 2.20. The number of hydrogen-bond donors (Lipinski definition) is 2. The number of para-hydroxylation sites is 1. The van der Waals surface area contributed by atoms with Gasteiger partial charge in [0, 0.05) is 18.5 Å². The van der Waals surface area contributed by atoms with E-state index in [-0.39, 0.29) is 12.5 Å². The van der Waals surface area contributed by atoms with Crippen LogP contribution >= 0.6 is 0 Å². The Morgan fingerprint density at radius 3 is 3.04 bits per heavy atom. The standard InChI is InChI=1S/C16H17N5O2/c22-10-11-8-12-9-20(6-3-7-21(12)19-11)16(23)15-13-4-1-2-5-14(13)17-18-15/h1-2,4-5,8,22H,3,6-7,9-10H2,(H,17,18). The van der Waals surface area contributed by atoms with Gasteiger partial charge in [0.1, 0.15) is 0 Å². The van der Waals surface area contributed by atoms with Crippen molar-refractivity contribution in [3.63, 3.8) is 0 Å². The van der Waals surface area contributed by atoms with Gasteiger partial charge in [0.15, 0.2) is 5.69 Å². The number of fused-ring (bicyclic) bond motifs is 2. The van der Waals surface area contributed by atoms with Crippen LogP contribution in [0.5, 0.6) is 0 Å². The SMILES string of the molecule is O=C(c1n[nH]c2ccccc12)N1CCCn2nc(CO)cc2C1. The summed E-state index contributed by atoms with van der Waals surface area (Å²) in [5.41, 5.74) is 2.90. The zero-order chi connectivity index (χ0) is 15.8. The quantitative estimate of drug-likeness (QED) is 0.747. The van der Waals surface area contributed by atoms with Gasteiger partial charge >= 0.3 is 0 Å². The molecule has 2 N–H and O–H groups in total. The summed E-state index contributed by atoms with van der Waals surface area (Å²) in [7, 11) is 0. The molecule has 23 heavy (non-hydrogen) atoms. The molecular formula is C16H17N5O2. The molecule has 1 aliphatic rings. The number of nitrogens with one attached hydrogen (secondary N) is 1. The number of H-pyrrole nitrogens is 1. The van der Waals surface area contributed by atoms with Gasteiger partial charge in [0.05, 0.1) is 30.1 Å². The molecular weight excluding hydrogens is 294 g/mol. The minimum Gasteiger partial charge on any atom is -0.390 e. The summed E-state index contributed by atoms with van der Waals surface area (Å²) < 4.78 is 1.88. The van der Waals surface area contributed by atoms with Gasteiger partial charge in [-0.05, 0) is 18.6 Å². The Bertz CT molecular complexity index is 866. The molecule has 0 fully saturated rings. The summed E-state index contributed by atoms with van der Waals surface area (Å²) in [4.78, 5) is 14.7. The second-order valence-corrected chi connectivity index (χ2v) is 5.71. The first-order valence-electron chi connectivity index (χ1n) is 7.65. The van der Waals surface area contributed by atoms with Crippen LogP contribution in [0.15, 0.2) is 30.3 Å². The second kappa shape index (κ2) is 5.51. The molecule has 7 heteroatoms. The Hall–Kier alpha value is -2.67. The highest BCUT2D eigenvalue weighted by Gasteiger charge is 2.24. The van der Waals surface area contributed by atoms with Gasteiger partial charge in [-0.3, -0.25) is 14.6 Å². The van der Waals surface area contributed by atoms with E-state index in [1.165, 1.54) is 0 Å². The number of rotatable bonds is 2. The van der Waals surface area contributed by atoms with Gasteiger partial charge in [-0.25, -0.2) is 0 Å². The first-order chi connectivity index (χ1) is 11.3. The summed E-state index contributed by atoms with van der Waals surface area (Å²) in [5.74, 6) is -0.0809. The summed E-state index contributed by atoms with van der Waals surface area (Å²) in [5, 5.41) is 21.5. The van der Waals surface area contributed by atoms with Crippen LogP contribution in [0.3, 0.4) is 0 Å². The van der Waals surface area contributed by atoms with Crippen LogP contribution in [0, 0.1) is 0 Å². The number of hydrogen-bond acceptors (Lipinski definition) is 4. The lowest BCUT2D eigenvalue weighted by molar-refractivity contribution is 0.0741. The van der Waals surface area contributed by atoms with Crippen molar-refractivity contribution in [2.45, 2.75) is 26.1 Å². The van der Waals surface area contributed by atoms with Crippen molar-refractivity contribution in [2.75, 3.05) is 6.54 Å². The molecule has 3 heterocycles. The summed E-state index contributed by atoms with van der Waals surface area (Å²) in [6.07, 6.45) is 0.827. The Balaban J connectivity index is 1.65. The average molecular weight is 311 g/mol. The molecule has 0 saturated carbocycles. The first kappa shape index (κ1) is 14.0. The third kappa shape index (κ3) is 2.39. The van der Waals surface area contributed by atoms with Crippen LogP contribution in [0.25, 0.3) is 10.9 Å². The summed E-state index contributed by atoms with van der Waals surface area (Å²) in [6.45, 7) is 1.81. The van der Waals surface area contributed by atoms with Gasteiger partial charge < -0.3 is 10.0 Å². The van der Waals surface area contributed by atoms with Gasteiger partial charge in [-0.15, -0.1) is 0 Å². The molecule has 2 aromatic heterocycles. The number of aromatic amines is 1. The maximum atomic E-state index is 12.9. The molecule has 1 aromatic carbocycles. The summed E-state index contributed by atoms with van der Waals surface area (Å²) >= 11 is 0. The molecule has 1 aliphatic heterocycles. The van der Waals surface area contributed by atoms with Gasteiger partial charge in [0.25, 0.3) is 5.91 Å². The number of carbonyl (C=O) groups is 1. The van der Waals surface area contributed by atoms with E-state index in [2.05, 4.69) is 15.3 Å². The van der Waals surface area contributed by atoms with Crippen molar-refractivity contribution in [3.05, 3.63) is 47.4 Å². The molecule has 4 rings (SSSR count). The molecule has 1 amide bonds. The number of aromatic nitrogens is 4. The maximum absolute atomic E-state index is 12.9. The van der Waals surface area contributed by atoms with Crippen LogP contribution in [0.4, 0.5) is 0 Å². The fourth-order valence-corrected chi connectivity index (χ4v) is 3.05. The summed E-state index contributed by atoms with van der Waals surface area (Å²) in [6, 6.07) is 9.48. The highest BCUT2D eigenvalue weighted by molar-refractivity contribution is 6.04. The number of aliphatic hydroxyl groups is 1. The molecule has 0 unspecified atom stereocenters. The zero-order valence-corrected chi connectivity index (χ0v) is 12.6. The largest absolute Gasteiger partial charge is 0.390 e. The van der Waals surface area contributed by atoms with Gasteiger partial charge in [-0.1, -0.05) is 18.2 Å². The molecule has 0 atom stereocenters. The third-order valence-electron chi connectivity index (χ3n) is 4.19. The highest BCUT2D eigenvalue weighted by atomic mass is 16.3. The number of aryl methyl sites for hydroxylation is 1. The van der Waals surface area contributed by atoms with Crippen LogP contribution in [-0.4, -0.2) is 42.4 Å². The molecule has 3 aromatic rings. The van der Waals surface area contributed by atoms with E-state index >= 15 is 0 Å².